The first-order chi connectivity index (χ1) is 11.5. The molecular formula is C17H16FN5O. The summed E-state index contributed by atoms with van der Waals surface area (Å²) in [6.07, 6.45) is 2.03. The molecule has 4 rings (SSSR count). The molecule has 0 saturated carbocycles. The molecule has 2 aliphatic rings. The maximum Gasteiger partial charge on any atom is 0.223 e. The van der Waals surface area contributed by atoms with Crippen LogP contribution in [0.25, 0.3) is 0 Å². The van der Waals surface area contributed by atoms with Crippen molar-refractivity contribution in [2.45, 2.75) is 25.2 Å². The lowest BCUT2D eigenvalue weighted by Gasteiger charge is -2.33. The molecule has 1 aromatic carbocycles. The third-order valence-electron chi connectivity index (χ3n) is 4.50. The third kappa shape index (κ3) is 2.20. The van der Waals surface area contributed by atoms with Crippen molar-refractivity contribution in [3.05, 3.63) is 52.5 Å². The van der Waals surface area contributed by atoms with Crippen LogP contribution in [0.2, 0.25) is 0 Å². The maximum absolute atomic E-state index is 13.3. The fourth-order valence-electron chi connectivity index (χ4n) is 3.49. The molecule has 0 spiro atoms. The first-order valence-corrected chi connectivity index (χ1v) is 7.76. The minimum Gasteiger partial charge on any atom is -0.383 e. The summed E-state index contributed by atoms with van der Waals surface area (Å²) in [5.41, 5.74) is 14.7. The molecule has 0 amide bonds. The monoisotopic (exact) mass is 325 g/mol. The second-order valence-electron chi connectivity index (χ2n) is 6.01. The molecule has 0 saturated heterocycles. The van der Waals surface area contributed by atoms with Crippen molar-refractivity contribution >= 4 is 23.4 Å². The second-order valence-corrected chi connectivity index (χ2v) is 6.01. The summed E-state index contributed by atoms with van der Waals surface area (Å²) in [6.45, 7) is 0. The number of hydrogen-bond donors (Lipinski definition) is 3. The van der Waals surface area contributed by atoms with Crippen LogP contribution in [-0.2, 0) is 4.79 Å². The number of carbonyl (C=O) groups is 1. The van der Waals surface area contributed by atoms with Gasteiger partial charge in [0.05, 0.1) is 0 Å². The summed E-state index contributed by atoms with van der Waals surface area (Å²) < 4.78 is 13.3. The van der Waals surface area contributed by atoms with Crippen LogP contribution in [0, 0.1) is 5.82 Å². The van der Waals surface area contributed by atoms with Gasteiger partial charge in [-0.2, -0.15) is 9.97 Å². The molecule has 0 radical (unpaired) electrons. The van der Waals surface area contributed by atoms with Crippen molar-refractivity contribution in [2.75, 3.05) is 16.8 Å². The van der Waals surface area contributed by atoms with Crippen LogP contribution in [0.15, 0.2) is 35.5 Å². The summed E-state index contributed by atoms with van der Waals surface area (Å²) in [5.74, 6) is 0.138. The van der Waals surface area contributed by atoms with E-state index in [1.807, 2.05) is 0 Å². The van der Waals surface area contributed by atoms with Crippen molar-refractivity contribution < 1.29 is 9.18 Å². The summed E-state index contributed by atoms with van der Waals surface area (Å²) in [6, 6.07) is 6.08. The predicted molar refractivity (Wildman–Crippen MR) is 88.6 cm³/mol. The van der Waals surface area contributed by atoms with E-state index in [2.05, 4.69) is 15.3 Å². The van der Waals surface area contributed by atoms with Gasteiger partial charge in [0.2, 0.25) is 5.95 Å². The maximum atomic E-state index is 13.3. The zero-order valence-corrected chi connectivity index (χ0v) is 12.8. The number of fused-ring (bicyclic) bond motifs is 1. The van der Waals surface area contributed by atoms with E-state index >= 15 is 0 Å². The Labute approximate surface area is 137 Å². The molecule has 0 bridgehead atoms. The number of nitrogen functional groups attached to an aromatic ring is 2. The van der Waals surface area contributed by atoms with Gasteiger partial charge >= 0.3 is 0 Å². The Kier molecular flexibility index (Phi) is 3.23. The number of rotatable bonds is 1. The summed E-state index contributed by atoms with van der Waals surface area (Å²) in [5, 5.41) is 3.20. The first kappa shape index (κ1) is 14.6. The molecule has 122 valence electrons. The zero-order chi connectivity index (χ0) is 16.8. The van der Waals surface area contributed by atoms with Gasteiger partial charge in [0, 0.05) is 29.2 Å². The molecular weight excluding hydrogens is 309 g/mol. The molecule has 0 unspecified atom stereocenters. The van der Waals surface area contributed by atoms with E-state index in [9.17, 15) is 9.18 Å². The Hall–Kier alpha value is -2.96. The normalized spacial score (nSPS) is 19.5. The van der Waals surface area contributed by atoms with Crippen molar-refractivity contribution in [1.82, 2.24) is 9.97 Å². The molecule has 2 aromatic rings. The molecule has 24 heavy (non-hydrogen) atoms. The number of hydrogen-bond acceptors (Lipinski definition) is 6. The minimum atomic E-state index is -0.412. The molecule has 5 N–H and O–H groups in total. The Balaban J connectivity index is 1.97. The fraction of sp³-hybridized carbons (Fsp3) is 0.235. The van der Waals surface area contributed by atoms with Crippen molar-refractivity contribution in [2.24, 2.45) is 0 Å². The van der Waals surface area contributed by atoms with Gasteiger partial charge in [-0.05, 0) is 30.5 Å². The summed E-state index contributed by atoms with van der Waals surface area (Å²) in [7, 11) is 0. The number of ketones is 1. The minimum absolute atomic E-state index is 0.0694. The fourth-order valence-corrected chi connectivity index (χ4v) is 3.49. The zero-order valence-electron chi connectivity index (χ0n) is 12.8. The van der Waals surface area contributed by atoms with Crippen LogP contribution in [0.4, 0.5) is 22.0 Å². The van der Waals surface area contributed by atoms with Crippen LogP contribution >= 0.6 is 0 Å². The quantitative estimate of drug-likeness (QED) is 0.743. The van der Waals surface area contributed by atoms with Crippen molar-refractivity contribution in [1.29, 1.82) is 0 Å². The van der Waals surface area contributed by atoms with Crippen LogP contribution in [0.1, 0.15) is 36.3 Å². The number of carbonyl (C=O) groups excluding carboxylic acids is 1. The number of halogens is 1. The number of aromatic nitrogens is 2. The van der Waals surface area contributed by atoms with E-state index in [0.717, 1.165) is 24.1 Å². The van der Waals surface area contributed by atoms with Crippen LogP contribution in [0.3, 0.4) is 0 Å². The highest BCUT2D eigenvalue weighted by molar-refractivity contribution is 6.01. The van der Waals surface area contributed by atoms with Gasteiger partial charge in [-0.25, -0.2) is 4.39 Å². The number of nitrogens with two attached hydrogens (primary N) is 2. The first-order valence-electron chi connectivity index (χ1n) is 7.76. The average Bonchev–Trinajstić information content (AvgIpc) is 2.54. The Morgan fingerprint density at radius 1 is 1.12 bits per heavy atom. The van der Waals surface area contributed by atoms with Crippen LogP contribution < -0.4 is 16.8 Å². The molecule has 1 aliphatic carbocycles. The SMILES string of the molecule is Nc1nc(N)c2c(n1)NC1=C(C(=O)CCC1)[C@H]2c1ccc(F)cc1. The second kappa shape index (κ2) is 5.30. The topological polar surface area (TPSA) is 107 Å². The number of nitrogens with zero attached hydrogens (tertiary/aromatic N) is 2. The van der Waals surface area contributed by atoms with Gasteiger partial charge < -0.3 is 16.8 Å². The highest BCUT2D eigenvalue weighted by Crippen LogP contribution is 2.46. The van der Waals surface area contributed by atoms with E-state index in [0.29, 0.717) is 23.4 Å². The van der Waals surface area contributed by atoms with Gasteiger partial charge in [0.1, 0.15) is 17.5 Å². The van der Waals surface area contributed by atoms with E-state index in [1.165, 1.54) is 12.1 Å². The van der Waals surface area contributed by atoms with E-state index in [4.69, 9.17) is 11.5 Å². The number of allylic oxidation sites excluding steroid dienone is 2. The lowest BCUT2D eigenvalue weighted by molar-refractivity contribution is -0.116. The van der Waals surface area contributed by atoms with Crippen LogP contribution in [0.5, 0.6) is 0 Å². The number of anilines is 3. The van der Waals surface area contributed by atoms with Crippen LogP contribution in [-0.4, -0.2) is 15.8 Å². The molecule has 0 fully saturated rings. The number of nitrogens with one attached hydrogen (secondary N) is 1. The number of Topliss-reactive ketones (excluding diaryl/α,β-unsaturated/α-hetero) is 1. The van der Waals surface area contributed by atoms with Gasteiger partial charge in [-0.1, -0.05) is 12.1 Å². The standard InChI is InChI=1S/C17H16FN5O/c18-9-6-4-8(5-7-9)12-13-10(2-1-3-11(13)24)21-16-14(12)15(19)22-17(20)23-16/h4-7,12H,1-3H2,(H5,19,20,21,22,23)/t12-/m1/s1. The lowest BCUT2D eigenvalue weighted by atomic mass is 9.76. The molecule has 6 nitrogen and oxygen atoms in total. The summed E-state index contributed by atoms with van der Waals surface area (Å²) in [4.78, 5) is 20.9. The Morgan fingerprint density at radius 3 is 2.62 bits per heavy atom. The van der Waals surface area contributed by atoms with Crippen molar-refractivity contribution in [3.63, 3.8) is 0 Å². The molecule has 7 heteroatoms. The number of benzene rings is 1. The Morgan fingerprint density at radius 2 is 1.88 bits per heavy atom. The Bertz CT molecular complexity index is 875. The molecule has 1 aliphatic heterocycles. The third-order valence-corrected chi connectivity index (χ3v) is 4.50. The highest BCUT2D eigenvalue weighted by Gasteiger charge is 2.37. The van der Waals surface area contributed by atoms with Gasteiger partial charge in [0.25, 0.3) is 0 Å². The average molecular weight is 325 g/mol. The van der Waals surface area contributed by atoms with Gasteiger partial charge in [-0.3, -0.25) is 4.79 Å². The van der Waals surface area contributed by atoms with E-state index in [1.54, 1.807) is 12.1 Å². The predicted octanol–water partition coefficient (Wildman–Crippen LogP) is 2.34. The van der Waals surface area contributed by atoms with Gasteiger partial charge in [-0.15, -0.1) is 0 Å². The molecule has 1 atom stereocenters. The van der Waals surface area contributed by atoms with E-state index < -0.39 is 5.92 Å². The summed E-state index contributed by atoms with van der Waals surface area (Å²) >= 11 is 0. The largest absolute Gasteiger partial charge is 0.383 e. The highest BCUT2D eigenvalue weighted by atomic mass is 19.1. The lowest BCUT2D eigenvalue weighted by Crippen LogP contribution is -2.28. The van der Waals surface area contributed by atoms with Gasteiger partial charge in [0.15, 0.2) is 5.78 Å². The van der Waals surface area contributed by atoms with E-state index in [-0.39, 0.29) is 23.4 Å². The smallest absolute Gasteiger partial charge is 0.223 e. The molecule has 2 heterocycles. The van der Waals surface area contributed by atoms with Crippen molar-refractivity contribution in [3.8, 4) is 0 Å². The molecule has 1 aromatic heterocycles.